The molecule has 0 aliphatic carbocycles. The van der Waals surface area contributed by atoms with Crippen LogP contribution in [0, 0.1) is 0 Å². The van der Waals surface area contributed by atoms with Crippen molar-refractivity contribution >= 4 is 6.03 Å². The van der Waals surface area contributed by atoms with Gasteiger partial charge in [-0.3, -0.25) is 0 Å². The van der Waals surface area contributed by atoms with Gasteiger partial charge in [-0.05, 0) is 19.4 Å². The van der Waals surface area contributed by atoms with Gasteiger partial charge in [0.25, 0.3) is 0 Å². The molecule has 0 spiro atoms. The first-order valence-electron chi connectivity index (χ1n) is 5.58. The van der Waals surface area contributed by atoms with Crippen molar-refractivity contribution in [2.75, 3.05) is 32.7 Å². The lowest BCUT2D eigenvalue weighted by atomic mass is 10.2. The van der Waals surface area contributed by atoms with Crippen molar-refractivity contribution in [3.8, 4) is 0 Å². The topological polar surface area (TPSA) is 35.6 Å². The van der Waals surface area contributed by atoms with Crippen LogP contribution in [-0.2, 0) is 0 Å². The molecule has 80 valence electrons. The van der Waals surface area contributed by atoms with Crippen molar-refractivity contribution < 1.29 is 4.79 Å². The van der Waals surface area contributed by atoms with E-state index in [0.29, 0.717) is 6.04 Å². The van der Waals surface area contributed by atoms with Crippen LogP contribution in [0.15, 0.2) is 0 Å². The highest BCUT2D eigenvalue weighted by Gasteiger charge is 2.32. The van der Waals surface area contributed by atoms with Crippen molar-refractivity contribution in [3.05, 3.63) is 0 Å². The summed E-state index contributed by atoms with van der Waals surface area (Å²) >= 11 is 0. The van der Waals surface area contributed by atoms with Gasteiger partial charge in [-0.1, -0.05) is 6.92 Å². The maximum atomic E-state index is 11.4. The van der Waals surface area contributed by atoms with Crippen LogP contribution in [0.5, 0.6) is 0 Å². The molecule has 4 nitrogen and oxygen atoms in total. The van der Waals surface area contributed by atoms with E-state index in [9.17, 15) is 4.79 Å². The number of urea groups is 1. The summed E-state index contributed by atoms with van der Waals surface area (Å²) < 4.78 is 0. The zero-order valence-corrected chi connectivity index (χ0v) is 8.83. The van der Waals surface area contributed by atoms with Crippen LogP contribution >= 0.6 is 0 Å². The van der Waals surface area contributed by atoms with Crippen LogP contribution in [0.4, 0.5) is 4.79 Å². The number of hydrogen-bond acceptors (Lipinski definition) is 2. The Morgan fingerprint density at radius 3 is 3.00 bits per heavy atom. The monoisotopic (exact) mass is 197 g/mol. The van der Waals surface area contributed by atoms with E-state index in [-0.39, 0.29) is 6.03 Å². The van der Waals surface area contributed by atoms with Crippen molar-refractivity contribution in [2.24, 2.45) is 0 Å². The highest BCUT2D eigenvalue weighted by atomic mass is 16.2. The normalized spacial score (nSPS) is 28.5. The molecule has 0 radical (unpaired) electrons. The van der Waals surface area contributed by atoms with Gasteiger partial charge in [0.05, 0.1) is 0 Å². The van der Waals surface area contributed by atoms with Crippen LogP contribution in [-0.4, -0.2) is 54.6 Å². The lowest BCUT2D eigenvalue weighted by Crippen LogP contribution is -2.39. The second-order valence-corrected chi connectivity index (χ2v) is 4.17. The lowest BCUT2D eigenvalue weighted by Gasteiger charge is -2.22. The highest BCUT2D eigenvalue weighted by Crippen LogP contribution is 2.17. The second-order valence-electron chi connectivity index (χ2n) is 4.17. The van der Waals surface area contributed by atoms with Gasteiger partial charge in [0.15, 0.2) is 0 Å². The molecule has 2 amide bonds. The smallest absolute Gasteiger partial charge is 0.317 e. The third kappa shape index (κ3) is 1.85. The highest BCUT2D eigenvalue weighted by molar-refractivity contribution is 5.76. The van der Waals surface area contributed by atoms with Gasteiger partial charge in [-0.2, -0.15) is 0 Å². The van der Waals surface area contributed by atoms with Crippen LogP contribution < -0.4 is 5.32 Å². The largest absolute Gasteiger partial charge is 0.336 e. The van der Waals surface area contributed by atoms with Crippen LogP contribution in [0.1, 0.15) is 19.8 Å². The first-order valence-corrected chi connectivity index (χ1v) is 5.58. The molecule has 1 atom stereocenters. The number of hydrogen-bond donors (Lipinski definition) is 1. The van der Waals surface area contributed by atoms with Gasteiger partial charge >= 0.3 is 6.03 Å². The standard InChI is InChI=1S/C10H19N3O/c1-2-5-12-6-3-9(8-12)13-7-4-11-10(13)14/h9H,2-8H2,1H3,(H,11,14). The molecule has 0 aromatic carbocycles. The molecule has 0 aromatic heterocycles. The molecule has 2 fully saturated rings. The van der Waals surface area contributed by atoms with Gasteiger partial charge in [-0.25, -0.2) is 4.79 Å². The Morgan fingerprint density at radius 2 is 2.36 bits per heavy atom. The number of carbonyl (C=O) groups is 1. The molecule has 0 aromatic rings. The number of rotatable bonds is 3. The Morgan fingerprint density at radius 1 is 1.50 bits per heavy atom. The summed E-state index contributed by atoms with van der Waals surface area (Å²) in [6.07, 6.45) is 2.35. The Bertz CT molecular complexity index is 219. The van der Waals surface area contributed by atoms with E-state index in [1.165, 1.54) is 13.0 Å². The second kappa shape index (κ2) is 4.17. The minimum Gasteiger partial charge on any atom is -0.336 e. The third-order valence-corrected chi connectivity index (χ3v) is 3.12. The minimum absolute atomic E-state index is 0.133. The molecule has 2 rings (SSSR count). The van der Waals surface area contributed by atoms with E-state index in [4.69, 9.17) is 0 Å². The number of likely N-dealkylation sites (tertiary alicyclic amines) is 1. The first kappa shape index (κ1) is 9.77. The van der Waals surface area contributed by atoms with Gasteiger partial charge in [0, 0.05) is 32.2 Å². The summed E-state index contributed by atoms with van der Waals surface area (Å²) in [5.74, 6) is 0. The molecule has 0 bridgehead atoms. The molecule has 2 aliphatic rings. The zero-order chi connectivity index (χ0) is 9.97. The number of amides is 2. The Balaban J connectivity index is 1.85. The van der Waals surface area contributed by atoms with Gasteiger partial charge in [0.1, 0.15) is 0 Å². The van der Waals surface area contributed by atoms with Crippen molar-refractivity contribution in [1.29, 1.82) is 0 Å². The summed E-state index contributed by atoms with van der Waals surface area (Å²) in [7, 11) is 0. The Labute approximate surface area is 85.2 Å². The van der Waals surface area contributed by atoms with E-state index in [0.717, 1.165) is 32.6 Å². The number of nitrogens with one attached hydrogen (secondary N) is 1. The molecule has 4 heteroatoms. The van der Waals surface area contributed by atoms with E-state index >= 15 is 0 Å². The lowest BCUT2D eigenvalue weighted by molar-refractivity contribution is 0.196. The van der Waals surface area contributed by atoms with Crippen LogP contribution in [0.3, 0.4) is 0 Å². The summed E-state index contributed by atoms with van der Waals surface area (Å²) in [5.41, 5.74) is 0. The fourth-order valence-electron chi connectivity index (χ4n) is 2.42. The number of carbonyl (C=O) groups excluding carboxylic acids is 1. The van der Waals surface area contributed by atoms with Gasteiger partial charge in [0.2, 0.25) is 0 Å². The quantitative estimate of drug-likeness (QED) is 0.715. The predicted octanol–water partition coefficient (Wildman–Crippen LogP) is 0.496. The molecular formula is C10H19N3O. The van der Waals surface area contributed by atoms with E-state index in [1.807, 2.05) is 4.90 Å². The van der Waals surface area contributed by atoms with E-state index in [1.54, 1.807) is 0 Å². The average Bonchev–Trinajstić information content (AvgIpc) is 2.74. The maximum absolute atomic E-state index is 11.4. The summed E-state index contributed by atoms with van der Waals surface area (Å²) in [4.78, 5) is 15.9. The summed E-state index contributed by atoms with van der Waals surface area (Å²) in [6, 6.07) is 0.595. The van der Waals surface area contributed by atoms with E-state index < -0.39 is 0 Å². The Kier molecular flexibility index (Phi) is 2.91. The maximum Gasteiger partial charge on any atom is 0.317 e. The van der Waals surface area contributed by atoms with Crippen molar-refractivity contribution in [3.63, 3.8) is 0 Å². The zero-order valence-electron chi connectivity index (χ0n) is 8.83. The summed E-state index contributed by atoms with van der Waals surface area (Å²) in [5, 5.41) is 2.86. The molecule has 2 heterocycles. The Hall–Kier alpha value is -0.770. The molecule has 2 aliphatic heterocycles. The molecule has 1 N–H and O–H groups in total. The summed E-state index contributed by atoms with van der Waals surface area (Å²) in [6.45, 7) is 7.32. The fraction of sp³-hybridized carbons (Fsp3) is 0.900. The molecule has 1 unspecified atom stereocenters. The van der Waals surface area contributed by atoms with Gasteiger partial charge < -0.3 is 15.1 Å². The molecule has 2 saturated heterocycles. The fourth-order valence-corrected chi connectivity index (χ4v) is 2.42. The van der Waals surface area contributed by atoms with Crippen LogP contribution in [0.25, 0.3) is 0 Å². The van der Waals surface area contributed by atoms with Crippen molar-refractivity contribution in [2.45, 2.75) is 25.8 Å². The van der Waals surface area contributed by atoms with E-state index in [2.05, 4.69) is 17.1 Å². The molecular weight excluding hydrogens is 178 g/mol. The molecule has 14 heavy (non-hydrogen) atoms. The van der Waals surface area contributed by atoms with Crippen molar-refractivity contribution in [1.82, 2.24) is 15.1 Å². The predicted molar refractivity (Wildman–Crippen MR) is 55.2 cm³/mol. The molecule has 0 saturated carbocycles. The van der Waals surface area contributed by atoms with Gasteiger partial charge in [-0.15, -0.1) is 0 Å². The van der Waals surface area contributed by atoms with Crippen LogP contribution in [0.2, 0.25) is 0 Å². The average molecular weight is 197 g/mol. The number of nitrogens with zero attached hydrogens (tertiary/aromatic N) is 2. The third-order valence-electron chi connectivity index (χ3n) is 3.12. The SMILES string of the molecule is CCCN1CCC(N2CCNC2=O)C1. The first-order chi connectivity index (χ1) is 6.81. The minimum atomic E-state index is 0.133.